The van der Waals surface area contributed by atoms with E-state index in [0.29, 0.717) is 11.1 Å². The maximum absolute atomic E-state index is 12.0. The van der Waals surface area contributed by atoms with Gasteiger partial charge in [0.05, 0.1) is 6.20 Å². The molecular formula is C11H7F3NO. The molecular weight excluding hydrogens is 219 g/mol. The van der Waals surface area contributed by atoms with Crippen LogP contribution in [-0.4, -0.2) is 11.3 Å². The Bertz CT molecular complexity index is 522. The summed E-state index contributed by atoms with van der Waals surface area (Å²) in [5, 5.41) is 1.41. The molecule has 2 rings (SSSR count). The van der Waals surface area contributed by atoms with Crippen molar-refractivity contribution in [3.8, 4) is 5.75 Å². The SMILES string of the molecule is Cc1n[c]cc2ccc(OC(F)(F)F)cc12. The Morgan fingerprint density at radius 1 is 1.31 bits per heavy atom. The molecule has 0 aliphatic rings. The molecule has 5 heteroatoms. The second-order valence-corrected chi connectivity index (χ2v) is 3.27. The van der Waals surface area contributed by atoms with Gasteiger partial charge in [-0.2, -0.15) is 0 Å². The number of halogens is 3. The van der Waals surface area contributed by atoms with E-state index in [1.54, 1.807) is 19.1 Å². The van der Waals surface area contributed by atoms with Crippen LogP contribution >= 0.6 is 0 Å². The van der Waals surface area contributed by atoms with Crippen molar-refractivity contribution in [2.24, 2.45) is 0 Å². The zero-order chi connectivity index (χ0) is 11.8. The smallest absolute Gasteiger partial charge is 0.406 e. The highest BCUT2D eigenvalue weighted by atomic mass is 19.4. The quantitative estimate of drug-likeness (QED) is 0.744. The van der Waals surface area contributed by atoms with Gasteiger partial charge in [-0.3, -0.25) is 4.98 Å². The molecule has 2 aromatic rings. The van der Waals surface area contributed by atoms with Gasteiger partial charge in [0, 0.05) is 11.1 Å². The topological polar surface area (TPSA) is 22.1 Å². The number of ether oxygens (including phenoxy) is 1. The Balaban J connectivity index is 2.47. The first-order valence-electron chi connectivity index (χ1n) is 4.49. The molecule has 16 heavy (non-hydrogen) atoms. The van der Waals surface area contributed by atoms with E-state index in [9.17, 15) is 13.2 Å². The van der Waals surface area contributed by atoms with E-state index >= 15 is 0 Å². The molecule has 1 radical (unpaired) electrons. The van der Waals surface area contributed by atoms with Crippen molar-refractivity contribution in [2.75, 3.05) is 0 Å². The Labute approximate surface area is 89.7 Å². The number of hydrogen-bond donors (Lipinski definition) is 0. The summed E-state index contributed by atoms with van der Waals surface area (Å²) in [6.45, 7) is 1.70. The second-order valence-electron chi connectivity index (χ2n) is 3.27. The van der Waals surface area contributed by atoms with Gasteiger partial charge in [0.1, 0.15) is 5.75 Å². The Hall–Kier alpha value is -1.78. The first-order valence-corrected chi connectivity index (χ1v) is 4.49. The van der Waals surface area contributed by atoms with Crippen molar-refractivity contribution in [3.63, 3.8) is 0 Å². The highest BCUT2D eigenvalue weighted by Gasteiger charge is 2.31. The van der Waals surface area contributed by atoms with Crippen LogP contribution in [0, 0.1) is 13.1 Å². The summed E-state index contributed by atoms with van der Waals surface area (Å²) in [5.74, 6) is -0.240. The van der Waals surface area contributed by atoms with Crippen LogP contribution in [0.4, 0.5) is 13.2 Å². The third-order valence-electron chi connectivity index (χ3n) is 2.10. The van der Waals surface area contributed by atoms with Crippen LogP contribution in [0.3, 0.4) is 0 Å². The first-order chi connectivity index (χ1) is 7.46. The molecule has 1 aromatic heterocycles. The van der Waals surface area contributed by atoms with E-state index < -0.39 is 6.36 Å². The fraction of sp³-hybridized carbons (Fsp3) is 0.182. The summed E-state index contributed by atoms with van der Waals surface area (Å²) in [6.07, 6.45) is -2.01. The summed E-state index contributed by atoms with van der Waals surface area (Å²) in [6, 6.07) is 5.74. The van der Waals surface area contributed by atoms with Gasteiger partial charge >= 0.3 is 6.36 Å². The lowest BCUT2D eigenvalue weighted by molar-refractivity contribution is -0.274. The second kappa shape index (κ2) is 3.66. The van der Waals surface area contributed by atoms with Crippen LogP contribution < -0.4 is 4.74 Å². The number of hydrogen-bond acceptors (Lipinski definition) is 2. The molecule has 83 valence electrons. The molecule has 0 saturated carbocycles. The summed E-state index contributed by atoms with van der Waals surface area (Å²) in [5.41, 5.74) is 0.616. The van der Waals surface area contributed by atoms with E-state index in [1.807, 2.05) is 0 Å². The zero-order valence-corrected chi connectivity index (χ0v) is 8.30. The maximum atomic E-state index is 12.0. The average molecular weight is 226 g/mol. The molecule has 0 N–H and O–H groups in total. The highest BCUT2D eigenvalue weighted by Crippen LogP contribution is 2.27. The van der Waals surface area contributed by atoms with Gasteiger partial charge in [0.25, 0.3) is 0 Å². The van der Waals surface area contributed by atoms with Crippen molar-refractivity contribution >= 4 is 10.8 Å². The molecule has 1 heterocycles. The van der Waals surface area contributed by atoms with Crippen molar-refractivity contribution in [3.05, 3.63) is 36.2 Å². The molecule has 0 saturated heterocycles. The molecule has 0 aliphatic heterocycles. The predicted octanol–water partition coefficient (Wildman–Crippen LogP) is 3.24. The number of nitrogens with zero attached hydrogens (tertiary/aromatic N) is 1. The fourth-order valence-corrected chi connectivity index (χ4v) is 1.43. The Morgan fingerprint density at radius 3 is 2.75 bits per heavy atom. The average Bonchev–Trinajstić information content (AvgIpc) is 2.17. The van der Waals surface area contributed by atoms with E-state index in [2.05, 4.69) is 15.9 Å². The zero-order valence-electron chi connectivity index (χ0n) is 8.30. The van der Waals surface area contributed by atoms with Gasteiger partial charge in [-0.25, -0.2) is 0 Å². The molecule has 0 fully saturated rings. The van der Waals surface area contributed by atoms with Gasteiger partial charge < -0.3 is 4.74 Å². The molecule has 0 atom stereocenters. The molecule has 2 nitrogen and oxygen atoms in total. The molecule has 0 bridgehead atoms. The van der Waals surface area contributed by atoms with Gasteiger partial charge in [-0.1, -0.05) is 6.07 Å². The van der Waals surface area contributed by atoms with Gasteiger partial charge in [-0.05, 0) is 30.5 Å². The van der Waals surface area contributed by atoms with Crippen molar-refractivity contribution in [1.29, 1.82) is 0 Å². The van der Waals surface area contributed by atoms with E-state index in [-0.39, 0.29) is 5.75 Å². The lowest BCUT2D eigenvalue weighted by atomic mass is 10.1. The van der Waals surface area contributed by atoms with Crippen LogP contribution in [0.2, 0.25) is 0 Å². The molecule has 0 aliphatic carbocycles. The Morgan fingerprint density at radius 2 is 2.06 bits per heavy atom. The van der Waals surface area contributed by atoms with Crippen LogP contribution in [0.5, 0.6) is 5.75 Å². The normalized spacial score (nSPS) is 11.8. The number of benzene rings is 1. The van der Waals surface area contributed by atoms with E-state index in [0.717, 1.165) is 5.39 Å². The number of fused-ring (bicyclic) bond motifs is 1. The van der Waals surface area contributed by atoms with E-state index in [4.69, 9.17) is 0 Å². The minimum Gasteiger partial charge on any atom is -0.406 e. The minimum atomic E-state index is -4.67. The van der Waals surface area contributed by atoms with E-state index in [1.165, 1.54) is 12.1 Å². The lowest BCUT2D eigenvalue weighted by Gasteiger charge is -2.09. The third kappa shape index (κ3) is 2.24. The largest absolute Gasteiger partial charge is 0.573 e. The lowest BCUT2D eigenvalue weighted by Crippen LogP contribution is -2.17. The summed E-state index contributed by atoms with van der Waals surface area (Å²) in [7, 11) is 0. The van der Waals surface area contributed by atoms with Crippen LogP contribution in [0.15, 0.2) is 24.3 Å². The molecule has 0 spiro atoms. The monoisotopic (exact) mass is 226 g/mol. The van der Waals surface area contributed by atoms with Crippen molar-refractivity contribution in [1.82, 2.24) is 4.98 Å². The third-order valence-corrected chi connectivity index (χ3v) is 2.10. The number of pyridine rings is 1. The maximum Gasteiger partial charge on any atom is 0.573 e. The fourth-order valence-electron chi connectivity index (χ4n) is 1.43. The summed E-state index contributed by atoms with van der Waals surface area (Å²) in [4.78, 5) is 3.88. The highest BCUT2D eigenvalue weighted by molar-refractivity contribution is 5.85. The number of alkyl halides is 3. The number of aryl methyl sites for hydroxylation is 1. The molecule has 0 unspecified atom stereocenters. The van der Waals surface area contributed by atoms with Crippen LogP contribution in [-0.2, 0) is 0 Å². The first kappa shape index (κ1) is 10.7. The van der Waals surface area contributed by atoms with Crippen molar-refractivity contribution < 1.29 is 17.9 Å². The van der Waals surface area contributed by atoms with Gasteiger partial charge in [0.2, 0.25) is 0 Å². The summed E-state index contributed by atoms with van der Waals surface area (Å²) >= 11 is 0. The Kier molecular flexibility index (Phi) is 2.46. The predicted molar refractivity (Wildman–Crippen MR) is 52.0 cm³/mol. The van der Waals surface area contributed by atoms with Gasteiger partial charge in [0.15, 0.2) is 0 Å². The molecule has 0 amide bonds. The number of aromatic nitrogens is 1. The van der Waals surface area contributed by atoms with Crippen LogP contribution in [0.1, 0.15) is 5.69 Å². The standard InChI is InChI=1S/C11H7F3NO/c1-7-10-6-9(16-11(12,13)14)3-2-8(10)4-5-15-7/h2-4,6H,1H3. The van der Waals surface area contributed by atoms with Gasteiger partial charge in [-0.15, -0.1) is 13.2 Å². The number of rotatable bonds is 1. The van der Waals surface area contributed by atoms with Crippen LogP contribution in [0.25, 0.3) is 10.8 Å². The van der Waals surface area contributed by atoms with Crippen molar-refractivity contribution in [2.45, 2.75) is 13.3 Å². The molecule has 1 aromatic carbocycles. The summed E-state index contributed by atoms with van der Waals surface area (Å²) < 4.78 is 39.8. The minimum absolute atomic E-state index is 0.240.